The number of sulfone groups is 1. The normalized spacial score (nSPS) is 19.3. The van der Waals surface area contributed by atoms with Gasteiger partial charge in [-0.25, -0.2) is 8.42 Å². The molecule has 1 saturated heterocycles. The van der Waals surface area contributed by atoms with Crippen LogP contribution in [0.3, 0.4) is 0 Å². The molecule has 1 N–H and O–H groups in total. The lowest BCUT2D eigenvalue weighted by Gasteiger charge is -2.11. The van der Waals surface area contributed by atoms with E-state index in [-0.39, 0.29) is 23.3 Å². The molecule has 1 unspecified atom stereocenters. The third-order valence-corrected chi connectivity index (χ3v) is 5.88. The first-order valence-electron chi connectivity index (χ1n) is 7.61. The molecule has 1 fully saturated rings. The van der Waals surface area contributed by atoms with Crippen molar-refractivity contribution in [3.05, 3.63) is 23.8 Å². The fourth-order valence-electron chi connectivity index (χ4n) is 2.71. The van der Waals surface area contributed by atoms with Gasteiger partial charge in [0.15, 0.2) is 21.3 Å². The van der Waals surface area contributed by atoms with Crippen LogP contribution < -0.4 is 14.8 Å². The molecular weight excluding hydrogens is 318 g/mol. The number of carbonyl (C=O) groups is 1. The predicted molar refractivity (Wildman–Crippen MR) is 87.4 cm³/mol. The van der Waals surface area contributed by atoms with Crippen molar-refractivity contribution in [3.8, 4) is 11.5 Å². The van der Waals surface area contributed by atoms with Gasteiger partial charge in [-0.15, -0.1) is 0 Å². The molecule has 0 bridgehead atoms. The van der Waals surface area contributed by atoms with Crippen LogP contribution in [0.15, 0.2) is 18.2 Å². The van der Waals surface area contributed by atoms with E-state index >= 15 is 0 Å². The molecule has 128 valence electrons. The standard InChI is InChI=1S/C16H23NO5S/c1-21-14-5-3-13(9-15(14)22-2)10-17-16(18)6-4-12-7-8-23(19,20)11-12/h3,5,9,12H,4,6-8,10-11H2,1-2H3,(H,17,18). The quantitative estimate of drug-likeness (QED) is 0.813. The summed E-state index contributed by atoms with van der Waals surface area (Å²) in [5.74, 6) is 1.79. The molecule has 1 heterocycles. The lowest BCUT2D eigenvalue weighted by Crippen LogP contribution is -2.23. The third kappa shape index (κ3) is 5.13. The van der Waals surface area contributed by atoms with E-state index in [0.717, 1.165) is 5.56 Å². The van der Waals surface area contributed by atoms with Gasteiger partial charge >= 0.3 is 0 Å². The van der Waals surface area contributed by atoms with Gasteiger partial charge in [-0.2, -0.15) is 0 Å². The minimum absolute atomic E-state index is 0.0657. The van der Waals surface area contributed by atoms with Crippen LogP contribution in [0.2, 0.25) is 0 Å². The first-order chi connectivity index (χ1) is 10.9. The van der Waals surface area contributed by atoms with Gasteiger partial charge in [-0.05, 0) is 36.5 Å². The fraction of sp³-hybridized carbons (Fsp3) is 0.562. The Labute approximate surface area is 137 Å². The van der Waals surface area contributed by atoms with Crippen LogP contribution in [0.25, 0.3) is 0 Å². The summed E-state index contributed by atoms with van der Waals surface area (Å²) in [5.41, 5.74) is 0.916. The van der Waals surface area contributed by atoms with E-state index in [1.54, 1.807) is 20.3 Å². The molecule has 1 aromatic rings. The Bertz CT molecular complexity index is 656. The third-order valence-electron chi connectivity index (χ3n) is 4.04. The lowest BCUT2D eigenvalue weighted by molar-refractivity contribution is -0.121. The molecular formula is C16H23NO5S. The SMILES string of the molecule is COc1ccc(CNC(=O)CCC2CCS(=O)(=O)C2)cc1OC. The number of carbonyl (C=O) groups excluding carboxylic acids is 1. The van der Waals surface area contributed by atoms with Gasteiger partial charge in [-0.3, -0.25) is 4.79 Å². The Balaban J connectivity index is 1.78. The maximum atomic E-state index is 11.9. The smallest absolute Gasteiger partial charge is 0.220 e. The Hall–Kier alpha value is -1.76. The molecule has 0 radical (unpaired) electrons. The van der Waals surface area contributed by atoms with Crippen LogP contribution in [-0.2, 0) is 21.2 Å². The summed E-state index contributed by atoms with van der Waals surface area (Å²) in [6.45, 7) is 0.405. The maximum Gasteiger partial charge on any atom is 0.220 e. The number of amides is 1. The molecule has 1 aromatic carbocycles. The monoisotopic (exact) mass is 341 g/mol. The van der Waals surface area contributed by atoms with E-state index in [1.807, 2.05) is 12.1 Å². The first-order valence-corrected chi connectivity index (χ1v) is 9.43. The number of rotatable bonds is 7. The number of hydrogen-bond acceptors (Lipinski definition) is 5. The molecule has 7 heteroatoms. The van der Waals surface area contributed by atoms with E-state index in [1.165, 1.54) is 0 Å². The second-order valence-electron chi connectivity index (χ2n) is 5.77. The Kier molecular flexibility index (Phi) is 5.87. The van der Waals surface area contributed by atoms with Crippen LogP contribution >= 0.6 is 0 Å². The van der Waals surface area contributed by atoms with Gasteiger partial charge in [0.25, 0.3) is 0 Å². The van der Waals surface area contributed by atoms with Gasteiger partial charge < -0.3 is 14.8 Å². The average Bonchev–Trinajstić information content (AvgIpc) is 2.89. The molecule has 1 aliphatic heterocycles. The number of ether oxygens (including phenoxy) is 2. The second kappa shape index (κ2) is 7.68. The summed E-state index contributed by atoms with van der Waals surface area (Å²) in [5, 5.41) is 2.85. The Morgan fingerprint density at radius 1 is 1.26 bits per heavy atom. The second-order valence-corrected chi connectivity index (χ2v) is 8.00. The first kappa shape index (κ1) is 17.6. The van der Waals surface area contributed by atoms with Crippen LogP contribution in [0.4, 0.5) is 0 Å². The number of methoxy groups -OCH3 is 2. The molecule has 1 atom stereocenters. The zero-order valence-corrected chi connectivity index (χ0v) is 14.3. The number of hydrogen-bond donors (Lipinski definition) is 1. The molecule has 0 aromatic heterocycles. The van der Waals surface area contributed by atoms with Crippen molar-refractivity contribution in [3.63, 3.8) is 0 Å². The minimum atomic E-state index is -2.87. The summed E-state index contributed by atoms with van der Waals surface area (Å²) >= 11 is 0. The summed E-state index contributed by atoms with van der Waals surface area (Å²) in [4.78, 5) is 11.9. The largest absolute Gasteiger partial charge is 0.493 e. The minimum Gasteiger partial charge on any atom is -0.493 e. The Morgan fingerprint density at radius 3 is 2.61 bits per heavy atom. The summed E-state index contributed by atoms with van der Waals surface area (Å²) < 4.78 is 33.2. The fourth-order valence-corrected chi connectivity index (χ4v) is 4.63. The van der Waals surface area contributed by atoms with Gasteiger partial charge in [0.2, 0.25) is 5.91 Å². The zero-order valence-electron chi connectivity index (χ0n) is 13.5. The summed E-state index contributed by atoms with van der Waals surface area (Å²) in [7, 11) is 0.267. The highest BCUT2D eigenvalue weighted by atomic mass is 32.2. The molecule has 0 spiro atoms. The molecule has 0 aliphatic carbocycles. The molecule has 1 amide bonds. The van der Waals surface area contributed by atoms with E-state index < -0.39 is 9.84 Å². The van der Waals surface area contributed by atoms with E-state index in [4.69, 9.17) is 9.47 Å². The molecule has 2 rings (SSSR count). The van der Waals surface area contributed by atoms with Crippen molar-refractivity contribution in [2.24, 2.45) is 5.92 Å². The highest BCUT2D eigenvalue weighted by Crippen LogP contribution is 2.27. The van der Waals surface area contributed by atoms with Crippen LogP contribution in [0.5, 0.6) is 11.5 Å². The highest BCUT2D eigenvalue weighted by Gasteiger charge is 2.27. The number of benzene rings is 1. The van der Waals surface area contributed by atoms with Crippen LogP contribution in [-0.4, -0.2) is 40.1 Å². The number of nitrogens with one attached hydrogen (secondary N) is 1. The summed E-state index contributed by atoms with van der Waals surface area (Å²) in [6, 6.07) is 5.48. The van der Waals surface area contributed by atoms with Crippen LogP contribution in [0, 0.1) is 5.92 Å². The van der Waals surface area contributed by atoms with Crippen molar-refractivity contribution < 1.29 is 22.7 Å². The van der Waals surface area contributed by atoms with Gasteiger partial charge in [0.05, 0.1) is 25.7 Å². The lowest BCUT2D eigenvalue weighted by atomic mass is 10.0. The zero-order chi connectivity index (χ0) is 16.9. The van der Waals surface area contributed by atoms with E-state index in [0.29, 0.717) is 37.3 Å². The molecule has 6 nitrogen and oxygen atoms in total. The van der Waals surface area contributed by atoms with Crippen molar-refractivity contribution in [2.45, 2.75) is 25.8 Å². The van der Waals surface area contributed by atoms with E-state index in [2.05, 4.69) is 5.32 Å². The average molecular weight is 341 g/mol. The molecule has 23 heavy (non-hydrogen) atoms. The van der Waals surface area contributed by atoms with Crippen molar-refractivity contribution in [1.82, 2.24) is 5.32 Å². The van der Waals surface area contributed by atoms with Gasteiger partial charge in [0, 0.05) is 13.0 Å². The Morgan fingerprint density at radius 2 is 2.00 bits per heavy atom. The highest BCUT2D eigenvalue weighted by molar-refractivity contribution is 7.91. The topological polar surface area (TPSA) is 81.7 Å². The van der Waals surface area contributed by atoms with Gasteiger partial charge in [0.1, 0.15) is 0 Å². The maximum absolute atomic E-state index is 11.9. The molecule has 0 saturated carbocycles. The predicted octanol–water partition coefficient (Wildman–Crippen LogP) is 1.53. The van der Waals surface area contributed by atoms with E-state index in [9.17, 15) is 13.2 Å². The van der Waals surface area contributed by atoms with Crippen LogP contribution in [0.1, 0.15) is 24.8 Å². The molecule has 1 aliphatic rings. The summed E-state index contributed by atoms with van der Waals surface area (Å²) in [6.07, 6.45) is 1.65. The van der Waals surface area contributed by atoms with Gasteiger partial charge in [-0.1, -0.05) is 6.07 Å². The van der Waals surface area contributed by atoms with Crippen molar-refractivity contribution >= 4 is 15.7 Å². The van der Waals surface area contributed by atoms with Crippen molar-refractivity contribution in [2.75, 3.05) is 25.7 Å². The van der Waals surface area contributed by atoms with Crippen molar-refractivity contribution in [1.29, 1.82) is 0 Å².